The van der Waals surface area contributed by atoms with Crippen molar-refractivity contribution in [2.45, 2.75) is 11.8 Å². The zero-order chi connectivity index (χ0) is 12.8. The van der Waals surface area contributed by atoms with Crippen molar-refractivity contribution in [1.29, 1.82) is 0 Å². The highest BCUT2D eigenvalue weighted by molar-refractivity contribution is 9.09. The van der Waals surface area contributed by atoms with Crippen LogP contribution in [0, 0.1) is 6.92 Å². The van der Waals surface area contributed by atoms with Gasteiger partial charge in [0.15, 0.2) is 0 Å². The maximum absolute atomic E-state index is 11.7. The number of halogens is 1. The van der Waals surface area contributed by atoms with Crippen molar-refractivity contribution < 1.29 is 14.6 Å². The van der Waals surface area contributed by atoms with Crippen LogP contribution in [-0.2, 0) is 4.74 Å². The van der Waals surface area contributed by atoms with Crippen LogP contribution in [0.4, 0.5) is 0 Å². The number of nitrogens with one attached hydrogen (secondary N) is 1. The summed E-state index contributed by atoms with van der Waals surface area (Å²) in [5.74, 6) is -0.0780. The van der Waals surface area contributed by atoms with Crippen LogP contribution in [0.25, 0.3) is 0 Å². The molecule has 0 aromatic heterocycles. The molecule has 4 nitrogen and oxygen atoms in total. The van der Waals surface area contributed by atoms with Crippen LogP contribution in [0.5, 0.6) is 5.75 Å². The van der Waals surface area contributed by atoms with Gasteiger partial charge < -0.3 is 15.2 Å². The number of alkyl halides is 1. The number of phenolic OH excluding ortho intramolecular Hbond substituents is 1. The van der Waals surface area contributed by atoms with E-state index in [4.69, 9.17) is 4.74 Å². The molecule has 1 amide bonds. The summed E-state index contributed by atoms with van der Waals surface area (Å²) in [7, 11) is 1.61. The van der Waals surface area contributed by atoms with Gasteiger partial charge in [0.25, 0.3) is 5.91 Å². The summed E-state index contributed by atoms with van der Waals surface area (Å²) in [5, 5.41) is 12.3. The number of hydrogen-bond donors (Lipinski definition) is 2. The fraction of sp³-hybridized carbons (Fsp3) is 0.417. The van der Waals surface area contributed by atoms with Crippen LogP contribution in [0.2, 0.25) is 0 Å². The lowest BCUT2D eigenvalue weighted by Crippen LogP contribution is -2.31. The molecule has 0 heterocycles. The molecule has 94 valence electrons. The van der Waals surface area contributed by atoms with Gasteiger partial charge in [-0.05, 0) is 24.6 Å². The van der Waals surface area contributed by atoms with E-state index in [0.29, 0.717) is 18.7 Å². The highest BCUT2D eigenvalue weighted by Crippen LogP contribution is 2.17. The largest absolute Gasteiger partial charge is 0.508 e. The van der Waals surface area contributed by atoms with Gasteiger partial charge in [-0.15, -0.1) is 0 Å². The van der Waals surface area contributed by atoms with Crippen molar-refractivity contribution in [3.63, 3.8) is 0 Å². The van der Waals surface area contributed by atoms with Gasteiger partial charge in [-0.2, -0.15) is 0 Å². The van der Waals surface area contributed by atoms with E-state index in [0.717, 1.165) is 5.56 Å². The molecular formula is C12H16BrNO3. The highest BCUT2D eigenvalue weighted by atomic mass is 79.9. The number of carbonyl (C=O) groups is 1. The maximum Gasteiger partial charge on any atom is 0.251 e. The van der Waals surface area contributed by atoms with E-state index in [-0.39, 0.29) is 16.5 Å². The van der Waals surface area contributed by atoms with Gasteiger partial charge in [0.1, 0.15) is 5.75 Å². The summed E-state index contributed by atoms with van der Waals surface area (Å²) in [4.78, 5) is 11.8. The third-order valence-electron chi connectivity index (χ3n) is 2.30. The molecule has 1 unspecified atom stereocenters. The summed E-state index contributed by atoms with van der Waals surface area (Å²) < 4.78 is 4.94. The Morgan fingerprint density at radius 2 is 2.29 bits per heavy atom. The van der Waals surface area contributed by atoms with Crippen LogP contribution in [0.3, 0.4) is 0 Å². The molecule has 0 aliphatic rings. The molecule has 0 saturated heterocycles. The molecule has 1 rings (SSSR count). The summed E-state index contributed by atoms with van der Waals surface area (Å²) in [6.45, 7) is 2.78. The first-order chi connectivity index (χ1) is 8.04. The fourth-order valence-corrected chi connectivity index (χ4v) is 1.72. The van der Waals surface area contributed by atoms with Gasteiger partial charge in [0.05, 0.1) is 11.4 Å². The van der Waals surface area contributed by atoms with Crippen LogP contribution < -0.4 is 5.32 Å². The van der Waals surface area contributed by atoms with Gasteiger partial charge in [0, 0.05) is 19.2 Å². The molecule has 0 bridgehead atoms. The van der Waals surface area contributed by atoms with E-state index in [1.165, 1.54) is 6.07 Å². The van der Waals surface area contributed by atoms with Gasteiger partial charge in [-0.1, -0.05) is 22.0 Å². The Balaban J connectivity index is 2.55. The third-order valence-corrected chi connectivity index (χ3v) is 2.89. The summed E-state index contributed by atoms with van der Waals surface area (Å²) >= 11 is 3.38. The molecule has 0 spiro atoms. The number of phenols is 1. The zero-order valence-electron chi connectivity index (χ0n) is 9.87. The van der Waals surface area contributed by atoms with Crippen LogP contribution in [-0.4, -0.2) is 36.1 Å². The number of hydrogen-bond acceptors (Lipinski definition) is 3. The topological polar surface area (TPSA) is 58.6 Å². The molecule has 0 radical (unpaired) electrons. The van der Waals surface area contributed by atoms with Gasteiger partial charge in [0.2, 0.25) is 0 Å². The lowest BCUT2D eigenvalue weighted by molar-refractivity contribution is 0.0949. The summed E-state index contributed by atoms with van der Waals surface area (Å²) in [6.07, 6.45) is 0. The lowest BCUT2D eigenvalue weighted by atomic mass is 10.1. The lowest BCUT2D eigenvalue weighted by Gasteiger charge is -2.10. The number of rotatable bonds is 5. The Labute approximate surface area is 109 Å². The van der Waals surface area contributed by atoms with Crippen molar-refractivity contribution in [3.8, 4) is 5.75 Å². The number of aryl methyl sites for hydroxylation is 1. The molecule has 0 aliphatic carbocycles. The van der Waals surface area contributed by atoms with Crippen molar-refractivity contribution in [3.05, 3.63) is 29.3 Å². The zero-order valence-corrected chi connectivity index (χ0v) is 11.5. The highest BCUT2D eigenvalue weighted by Gasteiger charge is 2.09. The SMILES string of the molecule is COCC(Br)CNC(=O)c1ccc(C)c(O)c1. The second kappa shape index (κ2) is 6.61. The molecule has 0 saturated carbocycles. The predicted molar refractivity (Wildman–Crippen MR) is 69.8 cm³/mol. The van der Waals surface area contributed by atoms with E-state index < -0.39 is 0 Å². The van der Waals surface area contributed by atoms with Crippen molar-refractivity contribution >= 4 is 21.8 Å². The Bertz CT molecular complexity index is 395. The number of methoxy groups -OCH3 is 1. The van der Waals surface area contributed by atoms with Crippen molar-refractivity contribution in [2.75, 3.05) is 20.3 Å². The third kappa shape index (κ3) is 4.36. The van der Waals surface area contributed by atoms with Gasteiger partial charge in [-0.3, -0.25) is 4.79 Å². The smallest absolute Gasteiger partial charge is 0.251 e. The van der Waals surface area contributed by atoms with Gasteiger partial charge in [-0.25, -0.2) is 0 Å². The monoisotopic (exact) mass is 301 g/mol. The second-order valence-electron chi connectivity index (χ2n) is 3.76. The molecule has 1 aromatic carbocycles. The quantitative estimate of drug-likeness (QED) is 0.816. The minimum Gasteiger partial charge on any atom is -0.508 e. The first-order valence-electron chi connectivity index (χ1n) is 5.25. The minimum atomic E-state index is -0.208. The maximum atomic E-state index is 11.7. The van der Waals surface area contributed by atoms with Crippen LogP contribution >= 0.6 is 15.9 Å². The second-order valence-corrected chi connectivity index (χ2v) is 5.06. The Hall–Kier alpha value is -1.07. The molecule has 5 heteroatoms. The minimum absolute atomic E-state index is 0.0792. The molecular weight excluding hydrogens is 286 g/mol. The number of carbonyl (C=O) groups excluding carboxylic acids is 1. The average molecular weight is 302 g/mol. The standard InChI is InChI=1S/C12H16BrNO3/c1-8-3-4-9(5-11(8)15)12(16)14-6-10(13)7-17-2/h3-5,10,15H,6-7H2,1-2H3,(H,14,16). The first-order valence-corrected chi connectivity index (χ1v) is 6.17. The number of benzene rings is 1. The fourth-order valence-electron chi connectivity index (χ4n) is 1.30. The van der Waals surface area contributed by atoms with Crippen molar-refractivity contribution in [2.24, 2.45) is 0 Å². The van der Waals surface area contributed by atoms with Gasteiger partial charge >= 0.3 is 0 Å². The van der Waals surface area contributed by atoms with E-state index in [1.807, 2.05) is 0 Å². The van der Waals surface area contributed by atoms with Crippen LogP contribution in [0.1, 0.15) is 15.9 Å². The molecule has 1 aromatic rings. The molecule has 0 aliphatic heterocycles. The summed E-state index contributed by atoms with van der Waals surface area (Å²) in [5.41, 5.74) is 1.20. The molecule has 2 N–H and O–H groups in total. The Morgan fingerprint density at radius 3 is 2.88 bits per heavy atom. The first kappa shape index (κ1) is 14.0. The Kier molecular flexibility index (Phi) is 5.44. The normalized spacial score (nSPS) is 12.2. The van der Waals surface area contributed by atoms with E-state index in [2.05, 4.69) is 21.2 Å². The average Bonchev–Trinajstić information content (AvgIpc) is 2.30. The Morgan fingerprint density at radius 1 is 1.59 bits per heavy atom. The molecule has 1 atom stereocenters. The number of amides is 1. The van der Waals surface area contributed by atoms with Crippen LogP contribution in [0.15, 0.2) is 18.2 Å². The predicted octanol–water partition coefficient (Wildman–Crippen LogP) is 1.84. The number of aromatic hydroxyl groups is 1. The number of ether oxygens (including phenoxy) is 1. The summed E-state index contributed by atoms with van der Waals surface area (Å²) in [6, 6.07) is 4.86. The molecule has 0 fully saturated rings. The van der Waals surface area contributed by atoms with E-state index in [9.17, 15) is 9.90 Å². The van der Waals surface area contributed by atoms with Crippen molar-refractivity contribution in [1.82, 2.24) is 5.32 Å². The van der Waals surface area contributed by atoms with E-state index >= 15 is 0 Å². The molecule has 17 heavy (non-hydrogen) atoms. The van der Waals surface area contributed by atoms with E-state index in [1.54, 1.807) is 26.2 Å².